The van der Waals surface area contributed by atoms with Crippen molar-refractivity contribution in [1.29, 1.82) is 0 Å². The van der Waals surface area contributed by atoms with Crippen molar-refractivity contribution in [1.82, 2.24) is 19.8 Å². The number of amides is 1. The van der Waals surface area contributed by atoms with Gasteiger partial charge in [0, 0.05) is 40.8 Å². The topological polar surface area (TPSA) is 66.2 Å². The molecular formula is C33H32F2N6O2S. The van der Waals surface area contributed by atoms with E-state index in [1.165, 1.54) is 11.0 Å². The van der Waals surface area contributed by atoms with Crippen molar-refractivity contribution in [3.63, 3.8) is 0 Å². The van der Waals surface area contributed by atoms with Gasteiger partial charge in [-0.25, -0.2) is 15.4 Å². The lowest BCUT2D eigenvalue weighted by Crippen LogP contribution is -2.56. The number of benzene rings is 2. The number of fused-ring (bicyclic) bond motifs is 3. The van der Waals surface area contributed by atoms with Crippen molar-refractivity contribution in [2.45, 2.75) is 37.3 Å². The van der Waals surface area contributed by atoms with Crippen molar-refractivity contribution >= 4 is 44.1 Å². The first-order valence-electron chi connectivity index (χ1n) is 15.0. The lowest BCUT2D eigenvalue weighted by Gasteiger charge is -2.39. The van der Waals surface area contributed by atoms with Gasteiger partial charge in [-0.1, -0.05) is 24.8 Å². The summed E-state index contributed by atoms with van der Waals surface area (Å²) in [6.07, 6.45) is 4.42. The zero-order chi connectivity index (χ0) is 30.4. The van der Waals surface area contributed by atoms with Crippen LogP contribution in [0.4, 0.5) is 14.6 Å². The second kappa shape index (κ2) is 11.4. The van der Waals surface area contributed by atoms with Crippen LogP contribution in [-0.4, -0.2) is 83.1 Å². The Morgan fingerprint density at radius 3 is 2.73 bits per heavy atom. The number of aromatic nitrogens is 2. The highest BCUT2D eigenvalue weighted by molar-refractivity contribution is 7.17. The Kier molecular flexibility index (Phi) is 7.42. The Labute approximate surface area is 258 Å². The number of rotatable bonds is 7. The third kappa shape index (κ3) is 4.96. The second-order valence-corrected chi connectivity index (χ2v) is 12.8. The Hall–Kier alpha value is -4.14. The van der Waals surface area contributed by atoms with Crippen molar-refractivity contribution < 1.29 is 18.3 Å². The maximum absolute atomic E-state index is 16.0. The zero-order valence-electron chi connectivity index (χ0n) is 24.3. The first-order valence-corrected chi connectivity index (χ1v) is 15.8. The molecule has 0 unspecified atom stereocenters. The largest absolute Gasteiger partial charge is 0.461 e. The van der Waals surface area contributed by atoms with E-state index < -0.39 is 23.6 Å². The molecule has 1 atom stereocenters. The fourth-order valence-corrected chi connectivity index (χ4v) is 8.15. The zero-order valence-corrected chi connectivity index (χ0v) is 25.1. The molecule has 3 fully saturated rings. The first-order chi connectivity index (χ1) is 21.4. The molecule has 226 valence electrons. The van der Waals surface area contributed by atoms with Gasteiger partial charge in [-0.2, -0.15) is 9.97 Å². The maximum Gasteiger partial charge on any atom is 0.319 e. The van der Waals surface area contributed by atoms with Crippen molar-refractivity contribution in [2.24, 2.45) is 0 Å². The van der Waals surface area contributed by atoms with Gasteiger partial charge >= 0.3 is 6.01 Å². The van der Waals surface area contributed by atoms with Gasteiger partial charge in [-0.3, -0.25) is 9.69 Å². The Morgan fingerprint density at radius 1 is 1.14 bits per heavy atom. The summed E-state index contributed by atoms with van der Waals surface area (Å²) in [4.78, 5) is 31.4. The van der Waals surface area contributed by atoms with E-state index in [9.17, 15) is 9.18 Å². The second-order valence-electron chi connectivity index (χ2n) is 11.9. The van der Waals surface area contributed by atoms with Crippen LogP contribution in [-0.2, 0) is 4.79 Å². The summed E-state index contributed by atoms with van der Waals surface area (Å²) in [6.45, 7) is 13.9. The summed E-state index contributed by atoms with van der Waals surface area (Å²) >= 11 is 1.57. The monoisotopic (exact) mass is 614 g/mol. The van der Waals surface area contributed by atoms with Crippen LogP contribution in [0, 0.1) is 12.4 Å². The van der Waals surface area contributed by atoms with Crippen molar-refractivity contribution in [3.8, 4) is 17.1 Å². The molecule has 3 aliphatic heterocycles. The van der Waals surface area contributed by atoms with Crippen LogP contribution in [0.5, 0.6) is 6.01 Å². The fourth-order valence-electron chi connectivity index (χ4n) is 7.22. The van der Waals surface area contributed by atoms with Gasteiger partial charge in [0.2, 0.25) is 6.54 Å². The van der Waals surface area contributed by atoms with E-state index in [1.54, 1.807) is 17.4 Å². The Bertz CT molecular complexity index is 1810. The lowest BCUT2D eigenvalue weighted by molar-refractivity contribution is -0.131. The van der Waals surface area contributed by atoms with Gasteiger partial charge in [0.05, 0.1) is 11.1 Å². The molecule has 3 aliphatic rings. The summed E-state index contributed by atoms with van der Waals surface area (Å²) < 4.78 is 37.2. The van der Waals surface area contributed by atoms with Crippen LogP contribution in [0.2, 0.25) is 0 Å². The van der Waals surface area contributed by atoms with Gasteiger partial charge < -0.3 is 19.4 Å². The highest BCUT2D eigenvalue weighted by Crippen LogP contribution is 2.40. The molecule has 4 aromatic rings. The number of nitrogens with zero attached hydrogens (tertiary/aromatic N) is 6. The molecule has 2 aromatic carbocycles. The molecular weight excluding hydrogens is 582 g/mol. The lowest BCUT2D eigenvalue weighted by atomic mass is 9.95. The molecule has 0 bridgehead atoms. The number of hydrogen-bond donors (Lipinski definition) is 0. The number of carbonyl (C=O) groups excluding carboxylic acids is 1. The van der Waals surface area contributed by atoms with Gasteiger partial charge in [0.1, 0.15) is 24.3 Å². The average molecular weight is 615 g/mol. The number of hydrogen-bond acceptors (Lipinski definition) is 7. The molecule has 44 heavy (non-hydrogen) atoms. The van der Waals surface area contributed by atoms with E-state index in [2.05, 4.69) is 16.3 Å². The molecule has 0 spiro atoms. The molecule has 7 rings (SSSR count). The third-order valence-corrected chi connectivity index (χ3v) is 10.3. The number of halogens is 2. The summed E-state index contributed by atoms with van der Waals surface area (Å²) in [5.74, 6) is -1.80. The first kappa shape index (κ1) is 28.6. The molecule has 2 aromatic heterocycles. The van der Waals surface area contributed by atoms with Gasteiger partial charge in [0.25, 0.3) is 5.91 Å². The normalized spacial score (nSPS) is 19.8. The number of anilines is 1. The van der Waals surface area contributed by atoms with E-state index in [0.29, 0.717) is 35.4 Å². The molecule has 11 heteroatoms. The predicted octanol–water partition coefficient (Wildman–Crippen LogP) is 6.08. The van der Waals surface area contributed by atoms with Crippen LogP contribution in [0.1, 0.15) is 25.7 Å². The molecule has 5 heterocycles. The molecule has 0 aliphatic carbocycles. The molecule has 3 saturated heterocycles. The fraction of sp³-hybridized carbons (Fsp3) is 0.394. The van der Waals surface area contributed by atoms with Crippen LogP contribution < -0.4 is 9.64 Å². The van der Waals surface area contributed by atoms with Gasteiger partial charge in [-0.05, 0) is 67.7 Å². The minimum Gasteiger partial charge on any atom is -0.461 e. The average Bonchev–Trinajstić information content (AvgIpc) is 3.75. The minimum absolute atomic E-state index is 0.0103. The smallest absolute Gasteiger partial charge is 0.319 e. The summed E-state index contributed by atoms with van der Waals surface area (Å²) in [7, 11) is 0. The number of carbonyl (C=O) groups is 1. The van der Waals surface area contributed by atoms with Crippen molar-refractivity contribution in [3.05, 3.63) is 71.4 Å². The summed E-state index contributed by atoms with van der Waals surface area (Å²) in [5.41, 5.74) is 1.77. The SMILES string of the molecule is [C-]#[N+]C[C@H]1CN(c2nc(OCC34CCCN3CCC4)nc3cc(-c4cccc5ccsc45)c(F)cc23)CCN1C(=O)C(=C)F. The maximum atomic E-state index is 16.0. The summed E-state index contributed by atoms with van der Waals surface area (Å²) in [6, 6.07) is 10.7. The van der Waals surface area contributed by atoms with E-state index in [1.807, 2.05) is 34.5 Å². The molecule has 0 radical (unpaired) electrons. The third-order valence-electron chi connectivity index (χ3n) is 9.37. The number of ether oxygens (including phenoxy) is 1. The van der Waals surface area contributed by atoms with E-state index in [0.717, 1.165) is 54.4 Å². The van der Waals surface area contributed by atoms with E-state index >= 15 is 4.39 Å². The quantitative estimate of drug-likeness (QED) is 0.186. The van der Waals surface area contributed by atoms with Crippen LogP contribution in [0.15, 0.2) is 54.2 Å². The highest BCUT2D eigenvalue weighted by atomic mass is 32.1. The van der Waals surface area contributed by atoms with Gasteiger partial charge in [-0.15, -0.1) is 11.3 Å². The van der Waals surface area contributed by atoms with Crippen LogP contribution >= 0.6 is 11.3 Å². The minimum atomic E-state index is -1.06. The van der Waals surface area contributed by atoms with E-state index in [4.69, 9.17) is 21.3 Å². The van der Waals surface area contributed by atoms with Crippen molar-refractivity contribution in [2.75, 3.05) is 50.8 Å². The van der Waals surface area contributed by atoms with Gasteiger partial charge in [0.15, 0.2) is 5.83 Å². The highest BCUT2D eigenvalue weighted by Gasteiger charge is 2.45. The Balaban J connectivity index is 1.30. The molecule has 8 nitrogen and oxygen atoms in total. The Morgan fingerprint density at radius 2 is 1.95 bits per heavy atom. The molecule has 1 amide bonds. The number of thiophene rings is 1. The summed E-state index contributed by atoms with van der Waals surface area (Å²) in [5, 5.41) is 3.55. The molecule has 0 N–H and O–H groups in total. The van der Waals surface area contributed by atoms with Crippen LogP contribution in [0.3, 0.4) is 0 Å². The standard InChI is InChI=1S/C33H32F2N6O2S/c1-21(34)31(42)41-14-13-39(19-23(41)18-36-2)30-26-16-27(35)25(24-7-3-6-22-8-15-44-29(22)24)17-28(26)37-32(38-30)43-20-33-9-4-11-40(33)12-5-10-33/h3,6-8,15-17,23H,1,4-5,9-14,18-20H2/t23-/m0/s1. The molecule has 0 saturated carbocycles. The number of piperazine rings is 1. The van der Waals surface area contributed by atoms with Crippen LogP contribution in [0.25, 0.3) is 37.0 Å². The predicted molar refractivity (Wildman–Crippen MR) is 168 cm³/mol. The van der Waals surface area contributed by atoms with E-state index in [-0.39, 0.29) is 31.2 Å².